The average Bonchev–Trinajstić information content (AvgIpc) is 2.89. The van der Waals surface area contributed by atoms with E-state index in [4.69, 9.17) is 0 Å². The molecule has 0 aliphatic heterocycles. The van der Waals surface area contributed by atoms with Crippen LogP contribution < -0.4 is 5.56 Å². The summed E-state index contributed by atoms with van der Waals surface area (Å²) in [7, 11) is 0. The lowest BCUT2D eigenvalue weighted by Gasteiger charge is -2.24. The number of thiazole rings is 1. The molecule has 2 heterocycles. The first-order valence-corrected chi connectivity index (χ1v) is 9.14. The summed E-state index contributed by atoms with van der Waals surface area (Å²) in [5.74, 6) is 0.558. The molecule has 0 aliphatic rings. The van der Waals surface area contributed by atoms with Gasteiger partial charge in [-0.25, -0.2) is 4.98 Å². The zero-order valence-corrected chi connectivity index (χ0v) is 15.2. The Bertz CT molecular complexity index is 867. The molecule has 24 heavy (non-hydrogen) atoms. The highest BCUT2D eigenvalue weighted by Crippen LogP contribution is 2.14. The molecule has 2 aromatic heterocycles. The third-order valence-corrected chi connectivity index (χ3v) is 4.83. The van der Waals surface area contributed by atoms with Crippen molar-refractivity contribution >= 4 is 16.3 Å². The molecule has 0 spiro atoms. The van der Waals surface area contributed by atoms with Gasteiger partial charge >= 0.3 is 0 Å². The van der Waals surface area contributed by atoms with Crippen molar-refractivity contribution in [3.05, 3.63) is 69.1 Å². The SMILES string of the molecule is Cc1csc2nc(CN(Cc3ccccc3)CC(C)C)cc(=O)n12. The van der Waals surface area contributed by atoms with Crippen molar-refractivity contribution in [1.82, 2.24) is 14.3 Å². The molecule has 5 heteroatoms. The van der Waals surface area contributed by atoms with Gasteiger partial charge in [-0.2, -0.15) is 0 Å². The zero-order chi connectivity index (χ0) is 17.1. The molecule has 0 atom stereocenters. The summed E-state index contributed by atoms with van der Waals surface area (Å²) >= 11 is 1.52. The molecular weight excluding hydrogens is 318 g/mol. The van der Waals surface area contributed by atoms with Gasteiger partial charge in [-0.05, 0) is 18.4 Å². The Labute approximate surface area is 146 Å². The Kier molecular flexibility index (Phi) is 5.11. The number of hydrogen-bond acceptors (Lipinski definition) is 4. The van der Waals surface area contributed by atoms with Crippen molar-refractivity contribution in [3.63, 3.8) is 0 Å². The summed E-state index contributed by atoms with van der Waals surface area (Å²) in [5.41, 5.74) is 3.08. The second-order valence-electron chi connectivity index (χ2n) is 6.63. The van der Waals surface area contributed by atoms with Crippen molar-refractivity contribution in [3.8, 4) is 0 Å². The number of hydrogen-bond donors (Lipinski definition) is 0. The summed E-state index contributed by atoms with van der Waals surface area (Å²) in [6.07, 6.45) is 0. The Hall–Kier alpha value is -1.98. The fraction of sp³-hybridized carbons (Fsp3) is 0.368. The van der Waals surface area contributed by atoms with E-state index in [1.165, 1.54) is 16.9 Å². The number of aryl methyl sites for hydroxylation is 1. The van der Waals surface area contributed by atoms with E-state index in [0.29, 0.717) is 12.5 Å². The van der Waals surface area contributed by atoms with Crippen LogP contribution in [0.2, 0.25) is 0 Å². The monoisotopic (exact) mass is 341 g/mol. The van der Waals surface area contributed by atoms with Crippen LogP contribution in [0.25, 0.3) is 4.96 Å². The predicted molar refractivity (Wildman–Crippen MR) is 99.5 cm³/mol. The summed E-state index contributed by atoms with van der Waals surface area (Å²) in [5, 5.41) is 1.98. The van der Waals surface area contributed by atoms with Gasteiger partial charge in [0.15, 0.2) is 4.96 Å². The van der Waals surface area contributed by atoms with E-state index in [1.807, 2.05) is 18.4 Å². The molecule has 126 valence electrons. The van der Waals surface area contributed by atoms with Crippen LogP contribution in [0.4, 0.5) is 0 Å². The summed E-state index contributed by atoms with van der Waals surface area (Å²) in [6.45, 7) is 8.89. The van der Waals surface area contributed by atoms with Gasteiger partial charge in [0.25, 0.3) is 5.56 Å². The molecule has 0 N–H and O–H groups in total. The molecule has 0 saturated carbocycles. The minimum atomic E-state index is 0.0120. The van der Waals surface area contributed by atoms with Crippen LogP contribution in [-0.4, -0.2) is 20.8 Å². The first kappa shape index (κ1) is 16.9. The number of nitrogens with zero attached hydrogens (tertiary/aromatic N) is 3. The van der Waals surface area contributed by atoms with Crippen LogP contribution >= 0.6 is 11.3 Å². The predicted octanol–water partition coefficient (Wildman–Crippen LogP) is 3.72. The van der Waals surface area contributed by atoms with E-state index in [2.05, 4.69) is 48.0 Å². The fourth-order valence-electron chi connectivity index (χ4n) is 2.95. The number of aromatic nitrogens is 2. The van der Waals surface area contributed by atoms with Gasteiger partial charge in [-0.15, -0.1) is 11.3 Å². The molecule has 0 saturated heterocycles. The average molecular weight is 341 g/mol. The zero-order valence-electron chi connectivity index (χ0n) is 14.4. The van der Waals surface area contributed by atoms with Gasteiger partial charge in [-0.3, -0.25) is 14.1 Å². The van der Waals surface area contributed by atoms with Crippen LogP contribution in [0.3, 0.4) is 0 Å². The Balaban J connectivity index is 1.85. The molecule has 0 radical (unpaired) electrons. The van der Waals surface area contributed by atoms with E-state index < -0.39 is 0 Å². The van der Waals surface area contributed by atoms with Crippen LogP contribution in [-0.2, 0) is 13.1 Å². The summed E-state index contributed by atoms with van der Waals surface area (Å²) < 4.78 is 1.68. The molecule has 0 amide bonds. The van der Waals surface area contributed by atoms with Crippen LogP contribution in [0, 0.1) is 12.8 Å². The Morgan fingerprint density at radius 1 is 1.21 bits per heavy atom. The van der Waals surface area contributed by atoms with E-state index >= 15 is 0 Å². The molecule has 3 rings (SSSR count). The van der Waals surface area contributed by atoms with Crippen molar-refractivity contribution in [2.24, 2.45) is 5.92 Å². The molecule has 4 nitrogen and oxygen atoms in total. The van der Waals surface area contributed by atoms with Crippen molar-refractivity contribution in [1.29, 1.82) is 0 Å². The topological polar surface area (TPSA) is 37.6 Å². The second-order valence-corrected chi connectivity index (χ2v) is 7.47. The van der Waals surface area contributed by atoms with Crippen molar-refractivity contribution < 1.29 is 0 Å². The fourth-order valence-corrected chi connectivity index (χ4v) is 3.84. The van der Waals surface area contributed by atoms with E-state index in [0.717, 1.165) is 29.4 Å². The largest absolute Gasteiger partial charge is 0.293 e. The first-order valence-electron chi connectivity index (χ1n) is 8.26. The first-order chi connectivity index (χ1) is 11.5. The van der Waals surface area contributed by atoms with Crippen molar-refractivity contribution in [2.75, 3.05) is 6.54 Å². The standard InChI is InChI=1S/C19H23N3OS/c1-14(2)10-21(11-16-7-5-4-6-8-16)12-17-9-18(23)22-15(3)13-24-19(22)20-17/h4-9,13-14H,10-12H2,1-3H3. The molecule has 1 aromatic carbocycles. The van der Waals surface area contributed by atoms with Crippen LogP contribution in [0.5, 0.6) is 0 Å². The molecule has 0 bridgehead atoms. The minimum Gasteiger partial charge on any atom is -0.293 e. The minimum absolute atomic E-state index is 0.0120. The van der Waals surface area contributed by atoms with Crippen LogP contribution in [0.1, 0.15) is 30.8 Å². The Morgan fingerprint density at radius 3 is 2.67 bits per heavy atom. The smallest absolute Gasteiger partial charge is 0.259 e. The quantitative estimate of drug-likeness (QED) is 0.686. The lowest BCUT2D eigenvalue weighted by atomic mass is 10.1. The second kappa shape index (κ2) is 7.28. The third kappa shape index (κ3) is 3.91. The van der Waals surface area contributed by atoms with Gasteiger partial charge in [0.1, 0.15) is 0 Å². The summed E-state index contributed by atoms with van der Waals surface area (Å²) in [6, 6.07) is 12.1. The maximum absolute atomic E-state index is 12.4. The van der Waals surface area contributed by atoms with Gasteiger partial charge in [0.2, 0.25) is 0 Å². The highest BCUT2D eigenvalue weighted by atomic mass is 32.1. The normalized spacial score (nSPS) is 11.7. The van der Waals surface area contributed by atoms with Gasteiger partial charge in [0.05, 0.1) is 5.69 Å². The lowest BCUT2D eigenvalue weighted by molar-refractivity contribution is 0.225. The molecular formula is C19H23N3OS. The van der Waals surface area contributed by atoms with Crippen molar-refractivity contribution in [2.45, 2.75) is 33.9 Å². The molecule has 0 unspecified atom stereocenters. The van der Waals surface area contributed by atoms with Gasteiger partial charge in [-0.1, -0.05) is 44.2 Å². The molecule has 0 aliphatic carbocycles. The Morgan fingerprint density at radius 2 is 1.96 bits per heavy atom. The summed E-state index contributed by atoms with van der Waals surface area (Å²) in [4.78, 5) is 20.2. The van der Waals surface area contributed by atoms with E-state index in [9.17, 15) is 4.79 Å². The number of fused-ring (bicyclic) bond motifs is 1. The van der Waals surface area contributed by atoms with Gasteiger partial charge < -0.3 is 0 Å². The highest BCUT2D eigenvalue weighted by Gasteiger charge is 2.12. The van der Waals surface area contributed by atoms with E-state index in [1.54, 1.807) is 10.5 Å². The lowest BCUT2D eigenvalue weighted by Crippen LogP contribution is -2.28. The molecule has 0 fully saturated rings. The number of rotatable bonds is 6. The maximum Gasteiger partial charge on any atom is 0.259 e. The third-order valence-electron chi connectivity index (χ3n) is 3.89. The van der Waals surface area contributed by atoms with E-state index in [-0.39, 0.29) is 5.56 Å². The highest BCUT2D eigenvalue weighted by molar-refractivity contribution is 7.15. The number of benzene rings is 1. The molecule has 3 aromatic rings. The van der Waals surface area contributed by atoms with Crippen LogP contribution in [0.15, 0.2) is 46.6 Å². The maximum atomic E-state index is 12.4. The van der Waals surface area contributed by atoms with Gasteiger partial charge in [0, 0.05) is 36.8 Å².